The van der Waals surface area contributed by atoms with E-state index >= 15 is 0 Å². The lowest BCUT2D eigenvalue weighted by atomic mass is 9.65. The van der Waals surface area contributed by atoms with Crippen molar-refractivity contribution in [2.24, 2.45) is 17.8 Å². The molecule has 1 N–H and O–H groups in total. The summed E-state index contributed by atoms with van der Waals surface area (Å²) in [5, 5.41) is 3.94. The number of benzene rings is 5. The second kappa shape index (κ2) is 13.3. The van der Waals surface area contributed by atoms with Crippen molar-refractivity contribution in [2.75, 3.05) is 10.2 Å². The first-order chi connectivity index (χ1) is 26.3. The molecule has 254 valence electrons. The van der Waals surface area contributed by atoms with Gasteiger partial charge < -0.3 is 10.2 Å². The van der Waals surface area contributed by atoms with Crippen molar-refractivity contribution in [1.29, 1.82) is 0 Å². The van der Waals surface area contributed by atoms with Crippen LogP contribution in [-0.2, 0) is 0 Å². The van der Waals surface area contributed by atoms with E-state index in [0.29, 0.717) is 11.8 Å². The summed E-state index contributed by atoms with van der Waals surface area (Å²) >= 11 is 0. The van der Waals surface area contributed by atoms with Crippen LogP contribution < -0.4 is 10.2 Å². The molecule has 5 unspecified atom stereocenters. The number of fused-ring (bicyclic) bond motifs is 5. The van der Waals surface area contributed by atoms with Gasteiger partial charge in [-0.2, -0.15) is 0 Å². The van der Waals surface area contributed by atoms with Crippen molar-refractivity contribution in [2.45, 2.75) is 12.1 Å². The summed E-state index contributed by atoms with van der Waals surface area (Å²) in [6.45, 7) is 0. The molecular formula is C51H40N2. The molecule has 0 aromatic heterocycles. The number of rotatable bonds is 7. The van der Waals surface area contributed by atoms with E-state index in [1.165, 1.54) is 61.5 Å². The van der Waals surface area contributed by atoms with Gasteiger partial charge >= 0.3 is 0 Å². The van der Waals surface area contributed by atoms with E-state index in [2.05, 4.69) is 217 Å². The Bertz CT molecular complexity index is 2420. The number of hydrogen-bond acceptors (Lipinski definition) is 2. The Hall–Kier alpha value is -6.38. The largest absolute Gasteiger partial charge is 0.378 e. The third-order valence-electron chi connectivity index (χ3n) is 11.4. The van der Waals surface area contributed by atoms with E-state index in [0.717, 1.165) is 5.69 Å². The maximum atomic E-state index is 3.94. The van der Waals surface area contributed by atoms with Crippen LogP contribution in [0.5, 0.6) is 0 Å². The molecule has 0 saturated heterocycles. The molecule has 53 heavy (non-hydrogen) atoms. The number of nitrogens with zero attached hydrogens (tertiary/aromatic N) is 1. The first kappa shape index (κ1) is 31.4. The zero-order valence-corrected chi connectivity index (χ0v) is 29.5. The van der Waals surface area contributed by atoms with Gasteiger partial charge in [0.05, 0.1) is 12.1 Å². The Morgan fingerprint density at radius 3 is 2.00 bits per heavy atom. The SMILES string of the molecule is C1=CC2=CC(C3C=CC=CC3Nc3ccc(C4C=C(c5ccccc5)N4c4ccc(-c5ccccc5)cc4)cc3)=C3c4ccccc4C=CC3C2C=C1. The molecule has 10 rings (SSSR count). The number of anilines is 2. The highest BCUT2D eigenvalue weighted by Gasteiger charge is 2.37. The first-order valence-corrected chi connectivity index (χ1v) is 18.8. The summed E-state index contributed by atoms with van der Waals surface area (Å²) in [5.74, 6) is 0.894. The summed E-state index contributed by atoms with van der Waals surface area (Å²) in [5.41, 5.74) is 15.5. The fourth-order valence-electron chi connectivity index (χ4n) is 8.81. The average Bonchev–Trinajstić information content (AvgIpc) is 3.22. The normalized spacial score (nSPS) is 23.4. The summed E-state index contributed by atoms with van der Waals surface area (Å²) in [7, 11) is 0. The van der Waals surface area contributed by atoms with Gasteiger partial charge in [0.1, 0.15) is 0 Å². The summed E-state index contributed by atoms with van der Waals surface area (Å²) in [6.07, 6.45) is 27.8. The monoisotopic (exact) mass is 680 g/mol. The lowest BCUT2D eigenvalue weighted by Crippen LogP contribution is -2.34. The molecule has 5 aliphatic rings. The van der Waals surface area contributed by atoms with Crippen LogP contribution in [0.1, 0.15) is 28.3 Å². The second-order valence-electron chi connectivity index (χ2n) is 14.5. The molecule has 0 amide bonds. The van der Waals surface area contributed by atoms with Crippen LogP contribution in [-0.4, -0.2) is 6.04 Å². The standard InChI is InChI=1S/C51H40N2/c1-3-13-35(14-4-1)36-25-30-42(31-26-36)53-49(38-16-5-2-6-17-38)34-50(53)39-23-28-41(29-24-39)52-48-22-12-11-21-45(48)47-33-40-18-8-9-19-43(40)46-32-27-37-15-7-10-20-44(37)51(46)47/h1-34,43,45-46,48,50,52H. The minimum absolute atomic E-state index is 0.122. The number of allylic oxidation sites excluding steroid dienone is 10. The van der Waals surface area contributed by atoms with Crippen molar-refractivity contribution in [3.63, 3.8) is 0 Å². The zero-order valence-electron chi connectivity index (χ0n) is 29.5. The average molecular weight is 681 g/mol. The topological polar surface area (TPSA) is 15.3 Å². The van der Waals surface area contributed by atoms with E-state index < -0.39 is 0 Å². The molecule has 1 heterocycles. The third kappa shape index (κ3) is 5.68. The van der Waals surface area contributed by atoms with Crippen LogP contribution >= 0.6 is 0 Å². The van der Waals surface area contributed by atoms with Gasteiger partial charge in [0.25, 0.3) is 0 Å². The smallest absolute Gasteiger partial charge is 0.0798 e. The van der Waals surface area contributed by atoms with Gasteiger partial charge in [0.2, 0.25) is 0 Å². The van der Waals surface area contributed by atoms with Crippen LogP contribution in [0.4, 0.5) is 11.4 Å². The van der Waals surface area contributed by atoms with Crippen molar-refractivity contribution < 1.29 is 0 Å². The molecule has 5 aromatic carbocycles. The Kier molecular flexibility index (Phi) is 7.87. The highest BCUT2D eigenvalue weighted by Crippen LogP contribution is 2.50. The van der Waals surface area contributed by atoms with E-state index in [-0.39, 0.29) is 18.0 Å². The van der Waals surface area contributed by atoms with Crippen molar-refractivity contribution in [3.8, 4) is 11.1 Å². The molecular weight excluding hydrogens is 641 g/mol. The van der Waals surface area contributed by atoms with Crippen molar-refractivity contribution >= 4 is 28.7 Å². The predicted molar refractivity (Wildman–Crippen MR) is 223 cm³/mol. The number of hydrogen-bond donors (Lipinski definition) is 1. The molecule has 5 atom stereocenters. The van der Waals surface area contributed by atoms with E-state index in [4.69, 9.17) is 0 Å². The van der Waals surface area contributed by atoms with Gasteiger partial charge in [-0.05, 0) is 80.4 Å². The van der Waals surface area contributed by atoms with Crippen molar-refractivity contribution in [1.82, 2.24) is 0 Å². The first-order valence-electron chi connectivity index (χ1n) is 18.8. The Morgan fingerprint density at radius 1 is 0.509 bits per heavy atom. The van der Waals surface area contributed by atoms with Gasteiger partial charge in [0.15, 0.2) is 0 Å². The molecule has 2 nitrogen and oxygen atoms in total. The van der Waals surface area contributed by atoms with Crippen LogP contribution in [0.2, 0.25) is 0 Å². The van der Waals surface area contributed by atoms with Crippen LogP contribution in [0.15, 0.2) is 211 Å². The van der Waals surface area contributed by atoms with Crippen molar-refractivity contribution in [3.05, 3.63) is 234 Å². The van der Waals surface area contributed by atoms with Crippen LogP contribution in [0.25, 0.3) is 28.5 Å². The molecule has 5 aromatic rings. The fourth-order valence-corrected chi connectivity index (χ4v) is 8.81. The minimum atomic E-state index is 0.122. The second-order valence-corrected chi connectivity index (χ2v) is 14.5. The zero-order chi connectivity index (χ0) is 35.1. The van der Waals surface area contributed by atoms with Gasteiger partial charge in [0, 0.05) is 34.8 Å². The lowest BCUT2D eigenvalue weighted by molar-refractivity contribution is 0.622. The lowest BCUT2D eigenvalue weighted by Gasteiger charge is -2.42. The summed E-state index contributed by atoms with van der Waals surface area (Å²) in [4.78, 5) is 2.47. The third-order valence-corrected chi connectivity index (χ3v) is 11.4. The number of nitrogens with one attached hydrogen (secondary N) is 1. The Morgan fingerprint density at radius 2 is 1.19 bits per heavy atom. The quantitative estimate of drug-likeness (QED) is 0.184. The Balaban J connectivity index is 0.947. The maximum absolute atomic E-state index is 3.94. The highest BCUT2D eigenvalue weighted by atomic mass is 15.2. The molecule has 0 spiro atoms. The Labute approximate surface area is 312 Å². The molecule has 0 radical (unpaired) electrons. The molecule has 0 saturated carbocycles. The minimum Gasteiger partial charge on any atom is -0.378 e. The van der Waals surface area contributed by atoms with E-state index in [1.54, 1.807) is 0 Å². The van der Waals surface area contributed by atoms with Crippen LogP contribution in [0, 0.1) is 17.8 Å². The van der Waals surface area contributed by atoms with E-state index in [1.807, 2.05) is 0 Å². The maximum Gasteiger partial charge on any atom is 0.0798 e. The highest BCUT2D eigenvalue weighted by molar-refractivity contribution is 5.89. The van der Waals surface area contributed by atoms with Gasteiger partial charge in [-0.3, -0.25) is 0 Å². The van der Waals surface area contributed by atoms with Gasteiger partial charge in [-0.15, -0.1) is 0 Å². The molecule has 4 aliphatic carbocycles. The van der Waals surface area contributed by atoms with Gasteiger partial charge in [-0.25, -0.2) is 0 Å². The van der Waals surface area contributed by atoms with Gasteiger partial charge in [-0.1, -0.05) is 176 Å². The molecule has 1 aliphatic heterocycles. The fraction of sp³-hybridized carbons (Fsp3) is 0.0980. The molecule has 0 bridgehead atoms. The predicted octanol–water partition coefficient (Wildman–Crippen LogP) is 12.3. The summed E-state index contributed by atoms with van der Waals surface area (Å²) in [6, 6.07) is 48.6. The summed E-state index contributed by atoms with van der Waals surface area (Å²) < 4.78 is 0. The van der Waals surface area contributed by atoms with Crippen LogP contribution in [0.3, 0.4) is 0 Å². The molecule has 2 heteroatoms. The molecule has 0 fully saturated rings. The van der Waals surface area contributed by atoms with E-state index in [9.17, 15) is 0 Å².